The molecule has 2 rings (SSSR count). The maximum atomic E-state index is 6.09. The molecule has 2 heterocycles. The van der Waals surface area contributed by atoms with Crippen LogP contribution < -0.4 is 5.73 Å². The molecule has 2 N–H and O–H groups in total. The zero-order valence-electron chi connectivity index (χ0n) is 10.6. The molecular formula is C12H19N5. The summed E-state index contributed by atoms with van der Waals surface area (Å²) in [5.41, 5.74) is 7.92. The molecule has 0 aliphatic rings. The SMILES string of the molecule is CCCn1cc(-c2nc(C)n(CC)c2N)cn1. The first-order valence-electron chi connectivity index (χ1n) is 6.02. The topological polar surface area (TPSA) is 61.7 Å². The van der Waals surface area contributed by atoms with Crippen molar-refractivity contribution in [3.63, 3.8) is 0 Å². The Morgan fingerprint density at radius 3 is 2.71 bits per heavy atom. The number of anilines is 1. The lowest BCUT2D eigenvalue weighted by Gasteiger charge is -2.02. The largest absolute Gasteiger partial charge is 0.383 e. The van der Waals surface area contributed by atoms with Gasteiger partial charge in [0.25, 0.3) is 0 Å². The van der Waals surface area contributed by atoms with E-state index in [1.54, 1.807) is 0 Å². The molecule has 0 aliphatic heterocycles. The molecule has 17 heavy (non-hydrogen) atoms. The van der Waals surface area contributed by atoms with E-state index in [0.717, 1.165) is 42.4 Å². The van der Waals surface area contributed by atoms with Gasteiger partial charge in [-0.2, -0.15) is 5.10 Å². The van der Waals surface area contributed by atoms with Gasteiger partial charge in [0.1, 0.15) is 17.3 Å². The lowest BCUT2D eigenvalue weighted by Crippen LogP contribution is -2.02. The van der Waals surface area contributed by atoms with E-state index in [-0.39, 0.29) is 0 Å². The van der Waals surface area contributed by atoms with E-state index in [9.17, 15) is 0 Å². The quantitative estimate of drug-likeness (QED) is 0.879. The summed E-state index contributed by atoms with van der Waals surface area (Å²) in [5, 5.41) is 4.30. The van der Waals surface area contributed by atoms with Crippen LogP contribution in [0.4, 0.5) is 5.82 Å². The summed E-state index contributed by atoms with van der Waals surface area (Å²) < 4.78 is 3.93. The van der Waals surface area contributed by atoms with E-state index in [2.05, 4.69) is 23.9 Å². The molecule has 0 radical (unpaired) electrons. The van der Waals surface area contributed by atoms with Crippen molar-refractivity contribution in [2.45, 2.75) is 40.3 Å². The lowest BCUT2D eigenvalue weighted by atomic mass is 10.2. The van der Waals surface area contributed by atoms with Gasteiger partial charge in [0, 0.05) is 24.8 Å². The van der Waals surface area contributed by atoms with Gasteiger partial charge in [-0.25, -0.2) is 4.98 Å². The molecule has 5 heteroatoms. The van der Waals surface area contributed by atoms with Gasteiger partial charge in [-0.05, 0) is 20.3 Å². The number of nitrogens with two attached hydrogens (primary N) is 1. The first kappa shape index (κ1) is 11.7. The summed E-state index contributed by atoms with van der Waals surface area (Å²) in [4.78, 5) is 4.51. The first-order chi connectivity index (χ1) is 8.17. The molecule has 2 aromatic rings. The highest BCUT2D eigenvalue weighted by Gasteiger charge is 2.13. The summed E-state index contributed by atoms with van der Waals surface area (Å²) in [7, 11) is 0. The summed E-state index contributed by atoms with van der Waals surface area (Å²) in [5.74, 6) is 1.67. The molecular weight excluding hydrogens is 214 g/mol. The molecule has 0 amide bonds. The van der Waals surface area contributed by atoms with Crippen LogP contribution in [0.1, 0.15) is 26.1 Å². The molecule has 0 aliphatic carbocycles. The van der Waals surface area contributed by atoms with Crippen LogP contribution in [0.2, 0.25) is 0 Å². The van der Waals surface area contributed by atoms with Crippen LogP contribution in [0.5, 0.6) is 0 Å². The van der Waals surface area contributed by atoms with Crippen molar-refractivity contribution in [3.8, 4) is 11.3 Å². The Morgan fingerprint density at radius 1 is 1.35 bits per heavy atom. The van der Waals surface area contributed by atoms with E-state index in [0.29, 0.717) is 0 Å². The zero-order valence-corrected chi connectivity index (χ0v) is 10.6. The minimum Gasteiger partial charge on any atom is -0.383 e. The number of imidazole rings is 1. The third-order valence-corrected chi connectivity index (χ3v) is 2.87. The van der Waals surface area contributed by atoms with Crippen molar-refractivity contribution in [3.05, 3.63) is 18.2 Å². The Kier molecular flexibility index (Phi) is 3.17. The maximum absolute atomic E-state index is 6.09. The average Bonchev–Trinajstić information content (AvgIpc) is 2.85. The van der Waals surface area contributed by atoms with Crippen LogP contribution >= 0.6 is 0 Å². The smallest absolute Gasteiger partial charge is 0.131 e. The Balaban J connectivity index is 2.38. The molecule has 0 atom stereocenters. The lowest BCUT2D eigenvalue weighted by molar-refractivity contribution is 0.603. The van der Waals surface area contributed by atoms with E-state index in [1.807, 2.05) is 28.6 Å². The fourth-order valence-electron chi connectivity index (χ4n) is 2.03. The molecule has 0 fully saturated rings. The second-order valence-corrected chi connectivity index (χ2v) is 4.13. The Labute approximate surface area is 101 Å². The summed E-state index contributed by atoms with van der Waals surface area (Å²) in [6.45, 7) is 7.93. The van der Waals surface area contributed by atoms with Crippen molar-refractivity contribution >= 4 is 5.82 Å². The van der Waals surface area contributed by atoms with Gasteiger partial charge in [-0.3, -0.25) is 4.68 Å². The number of nitrogens with zero attached hydrogens (tertiary/aromatic N) is 4. The molecule has 0 saturated carbocycles. The summed E-state index contributed by atoms with van der Waals surface area (Å²) in [6, 6.07) is 0. The van der Waals surface area contributed by atoms with Crippen LogP contribution in [0.25, 0.3) is 11.3 Å². The molecule has 0 spiro atoms. The van der Waals surface area contributed by atoms with Crippen LogP contribution in [0, 0.1) is 6.92 Å². The highest BCUT2D eigenvalue weighted by molar-refractivity contribution is 5.69. The molecule has 5 nitrogen and oxygen atoms in total. The van der Waals surface area contributed by atoms with Gasteiger partial charge in [0.05, 0.1) is 6.20 Å². The Bertz CT molecular complexity index is 509. The standard InChI is InChI=1S/C12H19N5/c1-4-6-16-8-10(7-14-16)11-12(13)17(5-2)9(3)15-11/h7-8H,4-6,13H2,1-3H3. The molecule has 2 aromatic heterocycles. The number of rotatable bonds is 4. The molecule has 0 saturated heterocycles. The molecule has 0 bridgehead atoms. The van der Waals surface area contributed by atoms with Gasteiger partial charge in [0.15, 0.2) is 0 Å². The number of hydrogen-bond acceptors (Lipinski definition) is 3. The highest BCUT2D eigenvalue weighted by atomic mass is 15.3. The van der Waals surface area contributed by atoms with Crippen LogP contribution in [0.3, 0.4) is 0 Å². The average molecular weight is 233 g/mol. The third-order valence-electron chi connectivity index (χ3n) is 2.87. The minimum atomic E-state index is 0.723. The fourth-order valence-corrected chi connectivity index (χ4v) is 2.03. The summed E-state index contributed by atoms with van der Waals surface area (Å²) >= 11 is 0. The zero-order chi connectivity index (χ0) is 12.4. The van der Waals surface area contributed by atoms with Gasteiger partial charge < -0.3 is 10.3 Å². The fraction of sp³-hybridized carbons (Fsp3) is 0.500. The van der Waals surface area contributed by atoms with Gasteiger partial charge in [-0.1, -0.05) is 6.92 Å². The monoisotopic (exact) mass is 233 g/mol. The van der Waals surface area contributed by atoms with Crippen LogP contribution in [-0.2, 0) is 13.1 Å². The predicted octanol–water partition coefficient (Wildman–Crippen LogP) is 2.07. The van der Waals surface area contributed by atoms with Crippen molar-refractivity contribution in [1.29, 1.82) is 0 Å². The number of nitrogen functional groups attached to an aromatic ring is 1. The van der Waals surface area contributed by atoms with Gasteiger partial charge in [0.2, 0.25) is 0 Å². The minimum absolute atomic E-state index is 0.723. The van der Waals surface area contributed by atoms with Crippen molar-refractivity contribution in [2.75, 3.05) is 5.73 Å². The van der Waals surface area contributed by atoms with Gasteiger partial charge >= 0.3 is 0 Å². The molecule has 0 aromatic carbocycles. The van der Waals surface area contributed by atoms with E-state index in [4.69, 9.17) is 5.73 Å². The van der Waals surface area contributed by atoms with Crippen molar-refractivity contribution in [2.24, 2.45) is 0 Å². The van der Waals surface area contributed by atoms with E-state index in [1.165, 1.54) is 0 Å². The molecule has 0 unspecified atom stereocenters. The second kappa shape index (κ2) is 4.61. The van der Waals surface area contributed by atoms with Crippen LogP contribution in [-0.4, -0.2) is 19.3 Å². The highest BCUT2D eigenvalue weighted by Crippen LogP contribution is 2.25. The van der Waals surface area contributed by atoms with E-state index < -0.39 is 0 Å². The van der Waals surface area contributed by atoms with Crippen molar-refractivity contribution in [1.82, 2.24) is 19.3 Å². The Morgan fingerprint density at radius 2 is 2.12 bits per heavy atom. The number of aryl methyl sites for hydroxylation is 2. The van der Waals surface area contributed by atoms with E-state index >= 15 is 0 Å². The van der Waals surface area contributed by atoms with Gasteiger partial charge in [-0.15, -0.1) is 0 Å². The Hall–Kier alpha value is -1.78. The maximum Gasteiger partial charge on any atom is 0.131 e. The number of hydrogen-bond donors (Lipinski definition) is 1. The normalized spacial score (nSPS) is 11.0. The second-order valence-electron chi connectivity index (χ2n) is 4.13. The molecule has 92 valence electrons. The summed E-state index contributed by atoms with van der Waals surface area (Å²) in [6.07, 6.45) is 4.90. The third kappa shape index (κ3) is 2.05. The predicted molar refractivity (Wildman–Crippen MR) is 68.6 cm³/mol. The first-order valence-corrected chi connectivity index (χ1v) is 6.02. The van der Waals surface area contributed by atoms with Crippen molar-refractivity contribution < 1.29 is 0 Å². The number of aromatic nitrogens is 4. The van der Waals surface area contributed by atoms with Crippen LogP contribution in [0.15, 0.2) is 12.4 Å².